The van der Waals surface area contributed by atoms with Crippen LogP contribution in [0.25, 0.3) is 17.0 Å². The zero-order valence-electron chi connectivity index (χ0n) is 14.0. The van der Waals surface area contributed by atoms with Gasteiger partial charge >= 0.3 is 6.03 Å². The molecule has 0 bridgehead atoms. The van der Waals surface area contributed by atoms with E-state index in [2.05, 4.69) is 10.6 Å². The van der Waals surface area contributed by atoms with E-state index in [9.17, 15) is 18.8 Å². The topological polar surface area (TPSA) is 80.2 Å². The van der Waals surface area contributed by atoms with Gasteiger partial charge in [-0.25, -0.2) is 9.18 Å². The molecule has 0 atom stereocenters. The number of barbiturate groups is 1. The highest BCUT2D eigenvalue weighted by Crippen LogP contribution is 2.25. The van der Waals surface area contributed by atoms with E-state index in [1.165, 1.54) is 18.2 Å². The standard InChI is InChI=1S/C20H14FN3O3/c21-14-7-5-12(6-8-14)10-24-11-13(15-3-1-2-4-17(15)24)9-16-18(25)22-20(27)23-19(16)26/h1-9,11H,10H2,(H2,22,23,25,26,27). The fourth-order valence-corrected chi connectivity index (χ4v) is 3.07. The van der Waals surface area contributed by atoms with E-state index in [0.29, 0.717) is 12.1 Å². The summed E-state index contributed by atoms with van der Waals surface area (Å²) in [5, 5.41) is 4.97. The van der Waals surface area contributed by atoms with Crippen LogP contribution in [-0.4, -0.2) is 22.4 Å². The Kier molecular flexibility index (Phi) is 4.04. The average molecular weight is 363 g/mol. The van der Waals surface area contributed by atoms with Gasteiger partial charge in [0, 0.05) is 29.2 Å². The molecular weight excluding hydrogens is 349 g/mol. The highest BCUT2D eigenvalue weighted by atomic mass is 19.1. The molecule has 134 valence electrons. The number of imide groups is 2. The maximum atomic E-state index is 13.1. The third-order valence-corrected chi connectivity index (χ3v) is 4.33. The molecule has 0 unspecified atom stereocenters. The number of benzene rings is 2. The number of hydrogen-bond donors (Lipinski definition) is 2. The minimum Gasteiger partial charge on any atom is -0.342 e. The first-order chi connectivity index (χ1) is 13.0. The van der Waals surface area contributed by atoms with E-state index in [-0.39, 0.29) is 11.4 Å². The van der Waals surface area contributed by atoms with E-state index in [1.807, 2.05) is 35.0 Å². The number of rotatable bonds is 3. The summed E-state index contributed by atoms with van der Waals surface area (Å²) in [5.41, 5.74) is 2.35. The van der Waals surface area contributed by atoms with Crippen LogP contribution in [0.15, 0.2) is 60.3 Å². The zero-order valence-corrected chi connectivity index (χ0v) is 14.0. The summed E-state index contributed by atoms with van der Waals surface area (Å²) in [7, 11) is 0. The molecule has 0 spiro atoms. The maximum Gasteiger partial charge on any atom is 0.328 e. The van der Waals surface area contributed by atoms with E-state index >= 15 is 0 Å². The lowest BCUT2D eigenvalue weighted by molar-refractivity contribution is -0.123. The smallest absolute Gasteiger partial charge is 0.328 e. The van der Waals surface area contributed by atoms with Crippen molar-refractivity contribution in [1.82, 2.24) is 15.2 Å². The Balaban J connectivity index is 1.77. The van der Waals surface area contributed by atoms with Crippen LogP contribution in [0.2, 0.25) is 0 Å². The minimum absolute atomic E-state index is 0.140. The number of amides is 4. The SMILES string of the molecule is O=C1NC(=O)C(=Cc2cn(Cc3ccc(F)cc3)c3ccccc23)C(=O)N1. The van der Waals surface area contributed by atoms with Gasteiger partial charge in [-0.1, -0.05) is 30.3 Å². The Labute approximate surface area is 153 Å². The molecule has 1 aliphatic heterocycles. The molecule has 2 aromatic carbocycles. The van der Waals surface area contributed by atoms with Crippen molar-refractivity contribution < 1.29 is 18.8 Å². The summed E-state index contributed by atoms with van der Waals surface area (Å²) in [4.78, 5) is 35.2. The van der Waals surface area contributed by atoms with Gasteiger partial charge in [-0.15, -0.1) is 0 Å². The van der Waals surface area contributed by atoms with Crippen molar-refractivity contribution in [1.29, 1.82) is 0 Å². The quantitative estimate of drug-likeness (QED) is 0.554. The first kappa shape index (κ1) is 16.7. The molecule has 4 amide bonds. The second-order valence-corrected chi connectivity index (χ2v) is 6.15. The van der Waals surface area contributed by atoms with Gasteiger partial charge in [0.25, 0.3) is 11.8 Å². The molecule has 6 nitrogen and oxygen atoms in total. The van der Waals surface area contributed by atoms with Crippen molar-refractivity contribution in [2.45, 2.75) is 6.54 Å². The number of carbonyl (C=O) groups is 3. The van der Waals surface area contributed by atoms with Crippen molar-refractivity contribution >= 4 is 34.8 Å². The van der Waals surface area contributed by atoms with Crippen LogP contribution in [0.3, 0.4) is 0 Å². The predicted molar refractivity (Wildman–Crippen MR) is 97.1 cm³/mol. The molecular formula is C20H14FN3O3. The van der Waals surface area contributed by atoms with Crippen molar-refractivity contribution in [3.05, 3.63) is 77.2 Å². The van der Waals surface area contributed by atoms with Gasteiger partial charge in [0.05, 0.1) is 0 Å². The fraction of sp³-hybridized carbons (Fsp3) is 0.0500. The first-order valence-corrected chi connectivity index (χ1v) is 8.22. The van der Waals surface area contributed by atoms with Crippen LogP contribution in [0, 0.1) is 5.82 Å². The van der Waals surface area contributed by atoms with Crippen molar-refractivity contribution in [3.63, 3.8) is 0 Å². The predicted octanol–water partition coefficient (Wildman–Crippen LogP) is 2.58. The Morgan fingerprint density at radius 2 is 1.59 bits per heavy atom. The molecule has 2 heterocycles. The lowest BCUT2D eigenvalue weighted by Crippen LogP contribution is -2.51. The summed E-state index contributed by atoms with van der Waals surface area (Å²) in [6.07, 6.45) is 3.28. The van der Waals surface area contributed by atoms with E-state index < -0.39 is 17.8 Å². The van der Waals surface area contributed by atoms with Gasteiger partial charge in [-0.05, 0) is 29.8 Å². The molecule has 7 heteroatoms. The summed E-state index contributed by atoms with van der Waals surface area (Å²) in [6, 6.07) is 12.9. The lowest BCUT2D eigenvalue weighted by Gasteiger charge is -2.13. The van der Waals surface area contributed by atoms with Crippen LogP contribution in [-0.2, 0) is 16.1 Å². The number of aromatic nitrogens is 1. The minimum atomic E-state index is -0.833. The van der Waals surface area contributed by atoms with Crippen LogP contribution in [0.4, 0.5) is 9.18 Å². The van der Waals surface area contributed by atoms with Gasteiger partial charge < -0.3 is 4.57 Å². The van der Waals surface area contributed by atoms with Gasteiger partial charge in [-0.2, -0.15) is 0 Å². The van der Waals surface area contributed by atoms with Crippen molar-refractivity contribution in [2.75, 3.05) is 0 Å². The summed E-state index contributed by atoms with van der Waals surface area (Å²) in [5.74, 6) is -1.77. The first-order valence-electron chi connectivity index (χ1n) is 8.22. The second-order valence-electron chi connectivity index (χ2n) is 6.15. The normalized spacial score (nSPS) is 14.3. The Morgan fingerprint density at radius 1 is 0.926 bits per heavy atom. The number of para-hydroxylation sites is 1. The van der Waals surface area contributed by atoms with Crippen LogP contribution in [0.5, 0.6) is 0 Å². The lowest BCUT2D eigenvalue weighted by atomic mass is 10.1. The average Bonchev–Trinajstić information content (AvgIpc) is 2.98. The van der Waals surface area contributed by atoms with E-state index in [4.69, 9.17) is 0 Å². The summed E-state index contributed by atoms with van der Waals surface area (Å²) in [6.45, 7) is 0.501. The van der Waals surface area contributed by atoms with E-state index in [1.54, 1.807) is 12.1 Å². The van der Waals surface area contributed by atoms with Crippen LogP contribution < -0.4 is 10.6 Å². The van der Waals surface area contributed by atoms with Crippen molar-refractivity contribution in [3.8, 4) is 0 Å². The third-order valence-electron chi connectivity index (χ3n) is 4.33. The fourth-order valence-electron chi connectivity index (χ4n) is 3.07. The summed E-state index contributed by atoms with van der Waals surface area (Å²) < 4.78 is 15.1. The number of nitrogens with one attached hydrogen (secondary N) is 2. The number of fused-ring (bicyclic) bond motifs is 1. The molecule has 27 heavy (non-hydrogen) atoms. The number of halogens is 1. The maximum absolute atomic E-state index is 13.1. The molecule has 3 aromatic rings. The molecule has 4 rings (SSSR count). The molecule has 1 aliphatic rings. The van der Waals surface area contributed by atoms with Crippen LogP contribution >= 0.6 is 0 Å². The summed E-state index contributed by atoms with van der Waals surface area (Å²) >= 11 is 0. The number of hydrogen-bond acceptors (Lipinski definition) is 3. The highest BCUT2D eigenvalue weighted by Gasteiger charge is 2.28. The molecule has 0 radical (unpaired) electrons. The third kappa shape index (κ3) is 3.22. The van der Waals surface area contributed by atoms with Crippen LogP contribution in [0.1, 0.15) is 11.1 Å². The molecule has 0 saturated carbocycles. The van der Waals surface area contributed by atoms with Crippen molar-refractivity contribution in [2.24, 2.45) is 0 Å². The van der Waals surface area contributed by atoms with Gasteiger partial charge in [0.1, 0.15) is 11.4 Å². The number of urea groups is 1. The van der Waals surface area contributed by atoms with Gasteiger partial charge in [-0.3, -0.25) is 20.2 Å². The molecule has 1 saturated heterocycles. The van der Waals surface area contributed by atoms with Gasteiger partial charge in [0.2, 0.25) is 0 Å². The Morgan fingerprint density at radius 3 is 2.30 bits per heavy atom. The Bertz CT molecular complexity index is 1090. The number of nitrogens with zero attached hydrogens (tertiary/aromatic N) is 1. The number of carbonyl (C=O) groups excluding carboxylic acids is 3. The molecule has 1 aromatic heterocycles. The largest absolute Gasteiger partial charge is 0.342 e. The second kappa shape index (κ2) is 6.53. The molecule has 1 fully saturated rings. The Hall–Kier alpha value is -3.74. The molecule has 2 N–H and O–H groups in total. The zero-order chi connectivity index (χ0) is 19.0. The molecule has 0 aliphatic carbocycles. The van der Waals surface area contributed by atoms with Gasteiger partial charge in [0.15, 0.2) is 0 Å². The van der Waals surface area contributed by atoms with E-state index in [0.717, 1.165) is 16.5 Å². The highest BCUT2D eigenvalue weighted by molar-refractivity contribution is 6.31. The monoisotopic (exact) mass is 363 g/mol.